The minimum atomic E-state index is -1.48. The standard InChI is InChI=1S/C97H147N21O16S/c1-57(2)84(92(132)110-70(85(100)125)29-17-41-104-81(123)55-108-109-56-82(124)105-44-21-43-103-80(122)36-33-58(3)65-34-35-66-83-67(53-79(121)97(65,66)5)96(4)39-37-63(119)51-62(96)52-78(83)120)116-91(131)77-32-20-46-118(77)94(134)72(28-15-16-40-98)112-88(128)73(48-59-22-9-7-10-23-59)113-89(129)75(50-61-54-107-69-27-14-13-26-64(61)69)114-86(126)71(30-18-42-106-95(101)102)111-87(127)74(49-60-24-11-8-12-25-60)115-90(130)76-31-19-45-117(76)93(133)68(99)38-47-135-6/h7-14,22-27,54,56-58,62-63,65-68,70-79,83-84,107-108,119-121H,15-21,28-53,55,98-99H2,1-6H3,(H2,100,125)(H,103,122)(H,104,123)(H,105,124)(H,110,132)(H,111,127)(H,112,128)(H,113,129)(H,114,126)(H,115,130)(H,116,131)(H4,101,102,106)/b109-56-/t58-,62+,63-,65-,66+,67+,68+,70+,71+,72+,73+,74-,75-,76+,77+,78-,79+,83+,84+,96+,97-/m1/s1. The predicted molar refractivity (Wildman–Crippen MR) is 515 cm³/mol. The molecule has 4 saturated carbocycles. The number of hydrazone groups is 1. The molecule has 6 fully saturated rings. The number of guanidine groups is 1. The number of aliphatic hydroxyl groups is 3. The number of nitrogens with two attached hydrogens (primary N) is 5. The van der Waals surface area contributed by atoms with E-state index in [4.69, 9.17) is 28.7 Å². The summed E-state index contributed by atoms with van der Waals surface area (Å²) in [7, 11) is 0. The fourth-order valence-electron chi connectivity index (χ4n) is 21.6. The van der Waals surface area contributed by atoms with Gasteiger partial charge in [0.05, 0.1) is 24.4 Å². The number of nitrogens with one attached hydrogen (secondary N) is 12. The average Bonchev–Trinajstić information content (AvgIpc) is 1.62. The smallest absolute Gasteiger partial charge is 0.264 e. The Labute approximate surface area is 795 Å². The van der Waals surface area contributed by atoms with Crippen molar-refractivity contribution in [1.82, 2.24) is 73.4 Å². The minimum absolute atomic E-state index is 0.0102. The van der Waals surface area contributed by atoms with Gasteiger partial charge >= 0.3 is 0 Å². The van der Waals surface area contributed by atoms with Gasteiger partial charge in [0.2, 0.25) is 70.9 Å². The lowest BCUT2D eigenvalue weighted by atomic mass is 9.43. The summed E-state index contributed by atoms with van der Waals surface area (Å²) in [5.41, 5.74) is 34.3. The number of carbonyl (C=O) groups is 13. The van der Waals surface area contributed by atoms with Gasteiger partial charge in [0.1, 0.15) is 67.1 Å². The number of likely N-dealkylation sites (tertiary alicyclic amines) is 2. The number of thioether (sulfide) groups is 1. The molecule has 135 heavy (non-hydrogen) atoms. The van der Waals surface area contributed by atoms with Gasteiger partial charge in [-0.15, -0.1) is 0 Å². The summed E-state index contributed by atoms with van der Waals surface area (Å²) in [6.45, 7) is 11.0. The van der Waals surface area contributed by atoms with Gasteiger partial charge in [-0.25, -0.2) is 0 Å². The van der Waals surface area contributed by atoms with E-state index in [1.54, 1.807) is 92.5 Å². The van der Waals surface area contributed by atoms with Crippen LogP contribution in [0.3, 0.4) is 0 Å². The lowest BCUT2D eigenvalue weighted by molar-refractivity contribution is -0.207. The van der Waals surface area contributed by atoms with Gasteiger partial charge in [0.25, 0.3) is 5.91 Å². The van der Waals surface area contributed by atoms with Gasteiger partial charge < -0.3 is 117 Å². The summed E-state index contributed by atoms with van der Waals surface area (Å²) in [6, 6.07) is 12.7. The Hall–Kier alpha value is -10.8. The van der Waals surface area contributed by atoms with Crippen molar-refractivity contribution in [2.24, 2.45) is 91.0 Å². The molecule has 6 aliphatic rings. The Balaban J connectivity index is 0.707. The monoisotopic (exact) mass is 1890 g/mol. The number of benzene rings is 3. The number of aliphatic hydroxyl groups excluding tert-OH is 3. The van der Waals surface area contributed by atoms with Crippen molar-refractivity contribution >= 4 is 112 Å². The number of carbonyl (C=O) groups excluding carboxylic acids is 13. The number of unbranched alkanes of at least 4 members (excludes halogenated alkanes) is 1. The number of H-pyrrole nitrogens is 1. The number of aliphatic imine (C=N–C) groups is 1. The molecule has 4 aromatic rings. The zero-order chi connectivity index (χ0) is 97.6. The summed E-state index contributed by atoms with van der Waals surface area (Å²) >= 11 is 1.54. The van der Waals surface area contributed by atoms with E-state index in [-0.39, 0.29) is 174 Å². The second kappa shape index (κ2) is 51.4. The van der Waals surface area contributed by atoms with Crippen LogP contribution in [-0.2, 0) is 81.6 Å². The minimum Gasteiger partial charge on any atom is -0.393 e. The third-order valence-electron chi connectivity index (χ3n) is 29.1. The van der Waals surface area contributed by atoms with E-state index in [0.29, 0.717) is 111 Å². The van der Waals surface area contributed by atoms with E-state index in [1.807, 2.05) is 30.5 Å². The van der Waals surface area contributed by atoms with Crippen molar-refractivity contribution < 1.29 is 77.6 Å². The van der Waals surface area contributed by atoms with Gasteiger partial charge in [0.15, 0.2) is 5.96 Å². The number of fused-ring (bicyclic) bond motifs is 6. The van der Waals surface area contributed by atoms with Crippen LogP contribution in [0.25, 0.3) is 10.9 Å². The Morgan fingerprint density at radius 2 is 1.15 bits per heavy atom. The molecular formula is C97H147N21O16S. The summed E-state index contributed by atoms with van der Waals surface area (Å²) < 4.78 is 0. The number of amides is 13. The van der Waals surface area contributed by atoms with E-state index >= 15 is 19.2 Å². The highest BCUT2D eigenvalue weighted by Crippen LogP contribution is 2.68. The quantitative estimate of drug-likeness (QED) is 0.0129. The average molecular weight is 1900 g/mol. The zero-order valence-electron chi connectivity index (χ0n) is 79.1. The van der Waals surface area contributed by atoms with Crippen molar-refractivity contribution in [3.05, 3.63) is 108 Å². The molecule has 3 heterocycles. The first kappa shape index (κ1) is 106. The van der Waals surface area contributed by atoms with E-state index < -0.39 is 144 Å². The van der Waals surface area contributed by atoms with Gasteiger partial charge in [-0.05, 0) is 228 Å². The third kappa shape index (κ3) is 29.1. The molecule has 2 aliphatic heterocycles. The Morgan fingerprint density at radius 3 is 1.79 bits per heavy atom. The largest absolute Gasteiger partial charge is 0.393 e. The Morgan fingerprint density at radius 1 is 0.578 bits per heavy atom. The van der Waals surface area contributed by atoms with Crippen molar-refractivity contribution in [3.63, 3.8) is 0 Å². The van der Waals surface area contributed by atoms with Crippen molar-refractivity contribution in [2.75, 3.05) is 64.4 Å². The normalized spacial score (nSPS) is 24.4. The number of para-hydroxylation sites is 1. The molecule has 0 radical (unpaired) electrons. The zero-order valence-corrected chi connectivity index (χ0v) is 79.9. The predicted octanol–water partition coefficient (Wildman–Crippen LogP) is 1.45. The first-order chi connectivity index (χ1) is 64.6. The summed E-state index contributed by atoms with van der Waals surface area (Å²) in [5.74, 6) is -7.26. The molecule has 25 N–H and O–H groups in total. The second-order valence-electron chi connectivity index (χ2n) is 38.6. The number of hydrogen-bond acceptors (Lipinski definition) is 22. The number of rotatable bonds is 51. The number of aromatic amines is 1. The van der Waals surface area contributed by atoms with Crippen molar-refractivity contribution in [2.45, 2.75) is 274 Å². The fraction of sp³-hybridized carbons (Fsp3) is 0.639. The van der Waals surface area contributed by atoms with Crippen LogP contribution in [0.4, 0.5) is 0 Å². The fourth-order valence-corrected chi connectivity index (χ4v) is 22.1. The molecule has 0 spiro atoms. The van der Waals surface area contributed by atoms with Crippen LogP contribution in [-0.4, -0.2) is 262 Å². The summed E-state index contributed by atoms with van der Waals surface area (Å²) in [6.07, 6.45) is 12.8. The molecule has 742 valence electrons. The van der Waals surface area contributed by atoms with E-state index in [2.05, 4.69) is 94.4 Å². The number of nitrogens with zero attached hydrogens (tertiary/aromatic N) is 4. The lowest BCUT2D eigenvalue weighted by Crippen LogP contribution is -2.62. The maximum Gasteiger partial charge on any atom is 0.264 e. The first-order valence-electron chi connectivity index (χ1n) is 48.4. The number of hydrogen-bond donors (Lipinski definition) is 20. The summed E-state index contributed by atoms with van der Waals surface area (Å²) in [4.78, 5) is 195. The maximum atomic E-state index is 15.5. The van der Waals surface area contributed by atoms with Crippen molar-refractivity contribution in [1.29, 1.82) is 0 Å². The molecule has 21 atom stereocenters. The number of aromatic nitrogens is 1. The molecule has 13 amide bonds. The Bertz CT molecular complexity index is 4720. The van der Waals surface area contributed by atoms with E-state index in [1.165, 1.54) is 9.80 Å². The van der Waals surface area contributed by atoms with Gasteiger partial charge in [-0.2, -0.15) is 16.9 Å². The topological polar surface area (TPSA) is 592 Å². The van der Waals surface area contributed by atoms with Crippen LogP contribution in [0.2, 0.25) is 0 Å². The second-order valence-corrected chi connectivity index (χ2v) is 39.6. The molecule has 10 rings (SSSR count). The number of primary amides is 1. The molecule has 1 aromatic heterocycles. The molecule has 4 aliphatic carbocycles. The van der Waals surface area contributed by atoms with Crippen LogP contribution in [0.15, 0.2) is 101 Å². The van der Waals surface area contributed by atoms with Crippen LogP contribution in [0.1, 0.15) is 193 Å². The van der Waals surface area contributed by atoms with E-state index in [0.717, 1.165) is 37.4 Å². The van der Waals surface area contributed by atoms with Crippen LogP contribution < -0.4 is 87.3 Å². The highest BCUT2D eigenvalue weighted by molar-refractivity contribution is 7.98. The first-order valence-corrected chi connectivity index (χ1v) is 49.8. The molecule has 2 saturated heterocycles. The molecule has 37 nitrogen and oxygen atoms in total. The molecule has 38 heteroatoms. The van der Waals surface area contributed by atoms with Gasteiger partial charge in [-0.1, -0.05) is 113 Å². The highest BCUT2D eigenvalue weighted by atomic mass is 32.2. The van der Waals surface area contributed by atoms with Crippen LogP contribution >= 0.6 is 11.8 Å². The van der Waals surface area contributed by atoms with Gasteiger partial charge in [-0.3, -0.25) is 67.3 Å². The van der Waals surface area contributed by atoms with Crippen molar-refractivity contribution in [3.8, 4) is 0 Å². The van der Waals surface area contributed by atoms with Crippen LogP contribution in [0, 0.1) is 52.3 Å². The molecular weight excluding hydrogens is 1750 g/mol. The Kier molecular flexibility index (Phi) is 40.4. The third-order valence-corrected chi connectivity index (χ3v) is 29.7. The van der Waals surface area contributed by atoms with Gasteiger partial charge in [0, 0.05) is 82.1 Å². The highest BCUT2D eigenvalue weighted by Gasteiger charge is 2.66. The van der Waals surface area contributed by atoms with E-state index in [9.17, 15) is 58.5 Å². The molecule has 3 aromatic carbocycles. The SMILES string of the molecule is CSCC[C@H](N)C(=O)N1CCC[C@H]1C(=O)N[C@H](Cc1ccccc1)C(=O)N[C@@H](CCCN=C(N)N)C(=O)N[C@H](Cc1c[nH]c2ccccc12)C(=O)N[C@@H](Cc1ccccc1)C(=O)N[C@@H](CCCCN)C(=O)N1CCC[C@H]1C(=O)N[C@H](C(=O)N[C@@H](CCCNC(=O)CN/N=C\C(=O)NCCCNC(=O)CC[C@@H](C)[C@H]1CC[C@H]2[C@@H]3[C@H](O)C[C@@H]4C[C@H](O)CC[C@]4(C)[C@H]3C[C@H](O)[C@]12C)C(N)=O)C(C)C. The molecule has 0 unspecified atom stereocenters. The maximum absolute atomic E-state index is 15.5. The summed E-state index contributed by atoms with van der Waals surface area (Å²) in [5, 5.41) is 67.0. The van der Waals surface area contributed by atoms with Crippen LogP contribution in [0.5, 0.6) is 0 Å². The molecule has 0 bridgehead atoms. The lowest BCUT2D eigenvalue weighted by Gasteiger charge is -2.63.